The summed E-state index contributed by atoms with van der Waals surface area (Å²) in [6.07, 6.45) is -5.41. The highest BCUT2D eigenvalue weighted by atomic mass is 32.1. The second-order valence-corrected chi connectivity index (χ2v) is 8.84. The number of nitrogens with zero attached hydrogens (tertiary/aromatic N) is 3. The van der Waals surface area contributed by atoms with Gasteiger partial charge in [0.15, 0.2) is 11.5 Å². The minimum atomic E-state index is -4.50. The molecule has 1 fully saturated rings. The molecule has 4 rings (SSSR count). The SMILES string of the molecule is COc1ccc(CNc2nc(N3CCC(OC(=O)O)CC3)nc3sc(C(F)(F)F)cc23)cc1OC. The first-order valence-electron chi connectivity index (χ1n) is 10.7. The van der Waals surface area contributed by atoms with E-state index < -0.39 is 23.3 Å². The van der Waals surface area contributed by atoms with Gasteiger partial charge >= 0.3 is 12.3 Å². The highest BCUT2D eigenvalue weighted by Crippen LogP contribution is 2.40. The van der Waals surface area contributed by atoms with Crippen LogP contribution in [0.3, 0.4) is 0 Å². The highest BCUT2D eigenvalue weighted by Gasteiger charge is 2.34. The van der Waals surface area contributed by atoms with E-state index in [0.29, 0.717) is 48.8 Å². The van der Waals surface area contributed by atoms with E-state index in [2.05, 4.69) is 15.3 Å². The molecule has 35 heavy (non-hydrogen) atoms. The molecule has 1 aromatic carbocycles. The van der Waals surface area contributed by atoms with E-state index in [9.17, 15) is 18.0 Å². The normalized spacial score (nSPS) is 14.7. The van der Waals surface area contributed by atoms with Crippen LogP contribution in [0.15, 0.2) is 24.3 Å². The summed E-state index contributed by atoms with van der Waals surface area (Å²) in [4.78, 5) is 21.0. The number of piperidine rings is 1. The molecule has 0 radical (unpaired) electrons. The van der Waals surface area contributed by atoms with Crippen LogP contribution in [-0.4, -0.2) is 54.6 Å². The number of anilines is 2. The minimum Gasteiger partial charge on any atom is -0.493 e. The van der Waals surface area contributed by atoms with Gasteiger partial charge in [-0.2, -0.15) is 18.2 Å². The van der Waals surface area contributed by atoms with Gasteiger partial charge in [0, 0.05) is 32.5 Å². The fraction of sp³-hybridized carbons (Fsp3) is 0.409. The molecule has 188 valence electrons. The average molecular weight is 513 g/mol. The minimum absolute atomic E-state index is 0.209. The summed E-state index contributed by atoms with van der Waals surface area (Å²) in [6.45, 7) is 1.10. The third-order valence-corrected chi connectivity index (χ3v) is 6.63. The summed E-state index contributed by atoms with van der Waals surface area (Å²) in [5.41, 5.74) is 0.814. The lowest BCUT2D eigenvalue weighted by atomic mass is 10.1. The molecule has 0 atom stereocenters. The van der Waals surface area contributed by atoms with Crippen LogP contribution in [0.25, 0.3) is 10.2 Å². The Morgan fingerprint density at radius 3 is 2.51 bits per heavy atom. The zero-order valence-corrected chi connectivity index (χ0v) is 19.7. The number of hydrogen-bond acceptors (Lipinski definition) is 9. The van der Waals surface area contributed by atoms with E-state index in [4.69, 9.17) is 19.3 Å². The number of benzene rings is 1. The molecule has 0 unspecified atom stereocenters. The summed E-state index contributed by atoms with van der Waals surface area (Å²) in [6, 6.07) is 6.38. The van der Waals surface area contributed by atoms with Gasteiger partial charge in [-0.3, -0.25) is 0 Å². The van der Waals surface area contributed by atoms with Gasteiger partial charge in [-0.1, -0.05) is 6.07 Å². The molecule has 0 aliphatic carbocycles. The fourth-order valence-corrected chi connectivity index (χ4v) is 4.71. The Balaban J connectivity index is 1.62. The van der Waals surface area contributed by atoms with Crippen molar-refractivity contribution in [2.75, 3.05) is 37.5 Å². The van der Waals surface area contributed by atoms with E-state index in [-0.39, 0.29) is 28.5 Å². The molecule has 0 amide bonds. The number of ether oxygens (including phenoxy) is 3. The Kier molecular flexibility index (Phi) is 7.05. The van der Waals surface area contributed by atoms with Crippen molar-refractivity contribution in [2.24, 2.45) is 0 Å². The Morgan fingerprint density at radius 1 is 1.17 bits per heavy atom. The number of nitrogens with one attached hydrogen (secondary N) is 1. The lowest BCUT2D eigenvalue weighted by Crippen LogP contribution is -2.38. The molecule has 1 aliphatic rings. The Morgan fingerprint density at radius 2 is 1.89 bits per heavy atom. The predicted octanol–water partition coefficient (Wildman–Crippen LogP) is 5.00. The second kappa shape index (κ2) is 10.0. The van der Waals surface area contributed by atoms with Crippen LogP contribution >= 0.6 is 11.3 Å². The number of hydrogen-bond donors (Lipinski definition) is 2. The van der Waals surface area contributed by atoms with Crippen LogP contribution in [0.5, 0.6) is 11.5 Å². The second-order valence-electron chi connectivity index (χ2n) is 7.81. The summed E-state index contributed by atoms with van der Waals surface area (Å²) in [7, 11) is 3.05. The number of alkyl halides is 3. The van der Waals surface area contributed by atoms with E-state index in [1.54, 1.807) is 12.1 Å². The first kappa shape index (κ1) is 24.6. The molecular formula is C22H23F3N4O5S. The first-order chi connectivity index (χ1) is 16.7. The molecule has 3 aromatic rings. The molecule has 1 saturated heterocycles. The maximum atomic E-state index is 13.4. The monoisotopic (exact) mass is 512 g/mol. The van der Waals surface area contributed by atoms with Gasteiger partial charge in [-0.25, -0.2) is 9.78 Å². The molecule has 0 bridgehead atoms. The summed E-state index contributed by atoms with van der Waals surface area (Å²) < 4.78 is 55.6. The van der Waals surface area contributed by atoms with Gasteiger partial charge in [-0.15, -0.1) is 11.3 Å². The maximum Gasteiger partial charge on any atom is 0.506 e. The van der Waals surface area contributed by atoms with Gasteiger partial charge in [0.2, 0.25) is 5.95 Å². The van der Waals surface area contributed by atoms with Gasteiger partial charge in [0.05, 0.1) is 19.6 Å². The van der Waals surface area contributed by atoms with Gasteiger partial charge in [0.25, 0.3) is 0 Å². The third kappa shape index (κ3) is 5.61. The number of methoxy groups -OCH3 is 2. The van der Waals surface area contributed by atoms with Gasteiger partial charge < -0.3 is 29.5 Å². The molecular weight excluding hydrogens is 489 g/mol. The van der Waals surface area contributed by atoms with Crippen molar-refractivity contribution in [1.82, 2.24) is 9.97 Å². The van der Waals surface area contributed by atoms with Crippen LogP contribution in [0.4, 0.5) is 29.7 Å². The van der Waals surface area contributed by atoms with E-state index in [1.165, 1.54) is 14.2 Å². The van der Waals surface area contributed by atoms with Crippen molar-refractivity contribution in [3.8, 4) is 11.5 Å². The van der Waals surface area contributed by atoms with Crippen molar-refractivity contribution in [3.63, 3.8) is 0 Å². The van der Waals surface area contributed by atoms with Gasteiger partial charge in [0.1, 0.15) is 21.6 Å². The molecule has 0 spiro atoms. The largest absolute Gasteiger partial charge is 0.506 e. The Bertz CT molecular complexity index is 1210. The molecule has 9 nitrogen and oxygen atoms in total. The number of rotatable bonds is 7. The van der Waals surface area contributed by atoms with Crippen LogP contribution in [0.1, 0.15) is 23.3 Å². The van der Waals surface area contributed by atoms with Crippen molar-refractivity contribution < 1.29 is 37.3 Å². The third-order valence-electron chi connectivity index (χ3n) is 5.56. The molecule has 2 N–H and O–H groups in total. The van der Waals surface area contributed by atoms with Crippen molar-refractivity contribution in [2.45, 2.75) is 31.7 Å². The Hall–Kier alpha value is -3.48. The number of halogens is 3. The number of carboxylic acid groups (broad SMARTS) is 1. The van der Waals surface area contributed by atoms with Crippen LogP contribution < -0.4 is 19.7 Å². The average Bonchev–Trinajstić information content (AvgIpc) is 3.27. The zero-order chi connectivity index (χ0) is 25.2. The lowest BCUT2D eigenvalue weighted by Gasteiger charge is -2.31. The molecule has 13 heteroatoms. The van der Waals surface area contributed by atoms with Crippen molar-refractivity contribution >= 4 is 39.5 Å². The van der Waals surface area contributed by atoms with E-state index in [1.807, 2.05) is 11.0 Å². The number of carbonyl (C=O) groups is 1. The van der Waals surface area contributed by atoms with E-state index in [0.717, 1.165) is 11.6 Å². The molecule has 3 heterocycles. The smallest absolute Gasteiger partial charge is 0.493 e. The highest BCUT2D eigenvalue weighted by molar-refractivity contribution is 7.18. The topological polar surface area (TPSA) is 106 Å². The standard InChI is InChI=1S/C22H23F3N4O5S/c1-32-15-4-3-12(9-16(15)33-2)11-26-18-14-10-17(22(23,24)25)35-19(14)28-20(27-18)29-7-5-13(6-8-29)34-21(30)31/h3-4,9-10,13H,5-8,11H2,1-2H3,(H,30,31)(H,26,27,28). The van der Waals surface area contributed by atoms with Crippen LogP contribution in [0, 0.1) is 0 Å². The summed E-state index contributed by atoms with van der Waals surface area (Å²) >= 11 is 0.556. The summed E-state index contributed by atoms with van der Waals surface area (Å²) in [5, 5.41) is 12.2. The van der Waals surface area contributed by atoms with Crippen LogP contribution in [-0.2, 0) is 17.5 Å². The quantitative estimate of drug-likeness (QED) is 0.423. The Labute approximate surface area is 202 Å². The first-order valence-corrected chi connectivity index (χ1v) is 11.5. The number of thiophene rings is 1. The zero-order valence-electron chi connectivity index (χ0n) is 18.9. The fourth-order valence-electron chi connectivity index (χ4n) is 3.82. The predicted molar refractivity (Wildman–Crippen MR) is 124 cm³/mol. The maximum absolute atomic E-state index is 13.4. The van der Waals surface area contributed by atoms with Crippen LogP contribution in [0.2, 0.25) is 0 Å². The molecule has 2 aromatic heterocycles. The number of aromatic nitrogens is 2. The lowest BCUT2D eigenvalue weighted by molar-refractivity contribution is -0.134. The molecule has 1 aliphatic heterocycles. The van der Waals surface area contributed by atoms with Gasteiger partial charge in [-0.05, 0) is 23.8 Å². The number of fused-ring (bicyclic) bond motifs is 1. The van der Waals surface area contributed by atoms with Crippen molar-refractivity contribution in [1.29, 1.82) is 0 Å². The summed E-state index contributed by atoms with van der Waals surface area (Å²) in [5.74, 6) is 1.64. The molecule has 0 saturated carbocycles. The van der Waals surface area contributed by atoms with E-state index >= 15 is 0 Å². The van der Waals surface area contributed by atoms with Crippen molar-refractivity contribution in [3.05, 3.63) is 34.7 Å².